The van der Waals surface area contributed by atoms with Gasteiger partial charge in [0, 0.05) is 6.61 Å². The van der Waals surface area contributed by atoms with Gasteiger partial charge in [0.25, 0.3) is 0 Å². The first-order valence-corrected chi connectivity index (χ1v) is 6.70. The van der Waals surface area contributed by atoms with Gasteiger partial charge in [0.05, 0.1) is 13.2 Å². The van der Waals surface area contributed by atoms with E-state index in [0.717, 1.165) is 5.75 Å². The molecule has 1 aromatic carbocycles. The Morgan fingerprint density at radius 3 is 2.32 bits per heavy atom. The Morgan fingerprint density at radius 2 is 1.68 bits per heavy atom. The maximum atomic E-state index is 5.64. The van der Waals surface area contributed by atoms with Gasteiger partial charge in [-0.15, -0.1) is 0 Å². The van der Waals surface area contributed by atoms with Crippen LogP contribution in [0.2, 0.25) is 0 Å². The molecule has 2 unspecified atom stereocenters. The summed E-state index contributed by atoms with van der Waals surface area (Å²) in [5.74, 6) is 0.816. The summed E-state index contributed by atoms with van der Waals surface area (Å²) in [4.78, 5) is 0. The molecule has 4 heteroatoms. The molecule has 0 heterocycles. The molecule has 0 spiro atoms. The average molecular weight is 268 g/mol. The standard InChI is InChI=1S/C15H24O4/c1-5-16-13(3)17-9-10-18-14(4)19-15-8-6-7-12(2)11-15/h6-8,11,13-14H,5,9-10H2,1-4H3. The zero-order valence-corrected chi connectivity index (χ0v) is 12.2. The van der Waals surface area contributed by atoms with Gasteiger partial charge in [-0.3, -0.25) is 0 Å². The molecule has 0 radical (unpaired) electrons. The van der Waals surface area contributed by atoms with Crippen LogP contribution in [0.4, 0.5) is 0 Å². The Labute approximate surface area is 115 Å². The van der Waals surface area contributed by atoms with E-state index in [1.54, 1.807) is 0 Å². The van der Waals surface area contributed by atoms with Crippen molar-refractivity contribution in [3.05, 3.63) is 29.8 Å². The summed E-state index contributed by atoms with van der Waals surface area (Å²) in [6, 6.07) is 7.89. The highest BCUT2D eigenvalue weighted by molar-refractivity contribution is 5.27. The summed E-state index contributed by atoms with van der Waals surface area (Å²) < 4.78 is 21.8. The van der Waals surface area contributed by atoms with Gasteiger partial charge in [-0.05, 0) is 45.4 Å². The second-order valence-corrected chi connectivity index (χ2v) is 4.27. The summed E-state index contributed by atoms with van der Waals surface area (Å²) in [6.45, 7) is 9.32. The minimum absolute atomic E-state index is 0.193. The van der Waals surface area contributed by atoms with Crippen LogP contribution in [0.25, 0.3) is 0 Å². The van der Waals surface area contributed by atoms with Crippen molar-refractivity contribution < 1.29 is 18.9 Å². The second-order valence-electron chi connectivity index (χ2n) is 4.27. The van der Waals surface area contributed by atoms with Gasteiger partial charge in [0.1, 0.15) is 5.75 Å². The lowest BCUT2D eigenvalue weighted by molar-refractivity contribution is -0.151. The van der Waals surface area contributed by atoms with Gasteiger partial charge in [-0.25, -0.2) is 0 Å². The molecular weight excluding hydrogens is 244 g/mol. The molecule has 0 fully saturated rings. The van der Waals surface area contributed by atoms with Crippen molar-refractivity contribution in [3.8, 4) is 5.75 Å². The topological polar surface area (TPSA) is 36.9 Å². The molecule has 108 valence electrons. The molecule has 4 nitrogen and oxygen atoms in total. The highest BCUT2D eigenvalue weighted by Gasteiger charge is 2.05. The van der Waals surface area contributed by atoms with Crippen LogP contribution in [0.1, 0.15) is 26.3 Å². The number of hydrogen-bond acceptors (Lipinski definition) is 4. The monoisotopic (exact) mass is 268 g/mol. The number of hydrogen-bond donors (Lipinski definition) is 0. The van der Waals surface area contributed by atoms with Crippen molar-refractivity contribution in [1.29, 1.82) is 0 Å². The molecule has 0 saturated heterocycles. The van der Waals surface area contributed by atoms with Crippen LogP contribution >= 0.6 is 0 Å². The van der Waals surface area contributed by atoms with Crippen molar-refractivity contribution in [3.63, 3.8) is 0 Å². The predicted molar refractivity (Wildman–Crippen MR) is 74.3 cm³/mol. The minimum Gasteiger partial charge on any atom is -0.465 e. The summed E-state index contributed by atoms with van der Waals surface area (Å²) >= 11 is 0. The summed E-state index contributed by atoms with van der Waals surface area (Å²) in [7, 11) is 0. The van der Waals surface area contributed by atoms with Crippen molar-refractivity contribution in [1.82, 2.24) is 0 Å². The average Bonchev–Trinajstić information content (AvgIpc) is 2.35. The van der Waals surface area contributed by atoms with Crippen LogP contribution in [0.15, 0.2) is 24.3 Å². The molecule has 0 N–H and O–H groups in total. The highest BCUT2D eigenvalue weighted by atomic mass is 16.7. The molecule has 0 aliphatic rings. The lowest BCUT2D eigenvalue weighted by Gasteiger charge is -2.17. The third-order valence-corrected chi connectivity index (χ3v) is 2.48. The normalized spacial score (nSPS) is 14.1. The van der Waals surface area contributed by atoms with Crippen molar-refractivity contribution in [2.24, 2.45) is 0 Å². The van der Waals surface area contributed by atoms with Crippen LogP contribution in [-0.2, 0) is 14.2 Å². The highest BCUT2D eigenvalue weighted by Crippen LogP contribution is 2.14. The molecule has 1 rings (SSSR count). The summed E-state index contributed by atoms with van der Waals surface area (Å²) in [5, 5.41) is 0. The molecule has 0 bridgehead atoms. The first-order valence-electron chi connectivity index (χ1n) is 6.70. The maximum absolute atomic E-state index is 5.64. The van der Waals surface area contributed by atoms with Crippen molar-refractivity contribution in [2.75, 3.05) is 19.8 Å². The third-order valence-electron chi connectivity index (χ3n) is 2.48. The van der Waals surface area contributed by atoms with Gasteiger partial charge < -0.3 is 18.9 Å². The predicted octanol–water partition coefficient (Wildman–Crippen LogP) is 3.14. The smallest absolute Gasteiger partial charge is 0.197 e. The van der Waals surface area contributed by atoms with Crippen LogP contribution in [-0.4, -0.2) is 32.4 Å². The molecule has 0 aliphatic heterocycles. The first-order chi connectivity index (χ1) is 9.11. The van der Waals surface area contributed by atoms with Crippen molar-refractivity contribution >= 4 is 0 Å². The number of aryl methyl sites for hydroxylation is 1. The Morgan fingerprint density at radius 1 is 1.00 bits per heavy atom. The molecule has 0 amide bonds. The molecule has 0 aromatic heterocycles. The van der Waals surface area contributed by atoms with Gasteiger partial charge in [-0.1, -0.05) is 12.1 Å². The van der Waals surface area contributed by atoms with Crippen LogP contribution in [0.3, 0.4) is 0 Å². The van der Waals surface area contributed by atoms with Gasteiger partial charge in [0.2, 0.25) is 0 Å². The molecule has 0 saturated carbocycles. The lowest BCUT2D eigenvalue weighted by Crippen LogP contribution is -2.21. The lowest BCUT2D eigenvalue weighted by atomic mass is 10.2. The maximum Gasteiger partial charge on any atom is 0.197 e. The van der Waals surface area contributed by atoms with Gasteiger partial charge in [0.15, 0.2) is 12.6 Å². The minimum atomic E-state index is -0.298. The fourth-order valence-corrected chi connectivity index (χ4v) is 1.63. The first kappa shape index (κ1) is 16.0. The van der Waals surface area contributed by atoms with Gasteiger partial charge >= 0.3 is 0 Å². The Kier molecular flexibility index (Phi) is 7.48. The zero-order chi connectivity index (χ0) is 14.1. The second kappa shape index (κ2) is 8.91. The molecule has 0 aliphatic carbocycles. The number of rotatable bonds is 9. The van der Waals surface area contributed by atoms with E-state index in [1.807, 2.05) is 52.0 Å². The molecule has 1 aromatic rings. The molecular formula is C15H24O4. The van der Waals surface area contributed by atoms with E-state index in [1.165, 1.54) is 5.56 Å². The summed E-state index contributed by atoms with van der Waals surface area (Å²) in [5.41, 5.74) is 1.17. The fraction of sp³-hybridized carbons (Fsp3) is 0.600. The largest absolute Gasteiger partial charge is 0.465 e. The van der Waals surface area contributed by atoms with E-state index in [0.29, 0.717) is 19.8 Å². The van der Waals surface area contributed by atoms with E-state index < -0.39 is 0 Å². The van der Waals surface area contributed by atoms with E-state index in [4.69, 9.17) is 18.9 Å². The molecule has 2 atom stereocenters. The SMILES string of the molecule is CCOC(C)OCCOC(C)Oc1cccc(C)c1. The van der Waals surface area contributed by atoms with E-state index in [-0.39, 0.29) is 12.6 Å². The fourth-order valence-electron chi connectivity index (χ4n) is 1.63. The summed E-state index contributed by atoms with van der Waals surface area (Å²) in [6.07, 6.45) is -0.491. The van der Waals surface area contributed by atoms with Crippen LogP contribution in [0.5, 0.6) is 5.75 Å². The van der Waals surface area contributed by atoms with Crippen LogP contribution < -0.4 is 4.74 Å². The van der Waals surface area contributed by atoms with Crippen molar-refractivity contribution in [2.45, 2.75) is 40.3 Å². The number of ether oxygens (including phenoxy) is 4. The zero-order valence-electron chi connectivity index (χ0n) is 12.2. The van der Waals surface area contributed by atoms with E-state index >= 15 is 0 Å². The van der Waals surface area contributed by atoms with E-state index in [9.17, 15) is 0 Å². The van der Waals surface area contributed by atoms with Crippen LogP contribution in [0, 0.1) is 6.92 Å². The Hall–Kier alpha value is -1.10. The Balaban J connectivity index is 2.16. The third kappa shape index (κ3) is 7.15. The van der Waals surface area contributed by atoms with Gasteiger partial charge in [-0.2, -0.15) is 0 Å². The molecule has 19 heavy (non-hydrogen) atoms. The quantitative estimate of drug-likeness (QED) is 0.509. The Bertz CT molecular complexity index is 354. The van der Waals surface area contributed by atoms with E-state index in [2.05, 4.69) is 0 Å². The number of benzene rings is 1.